The number of nitrogens with two attached hydrogens (primary N) is 1. The van der Waals surface area contributed by atoms with Crippen LogP contribution in [0.1, 0.15) is 40.0 Å². The van der Waals surface area contributed by atoms with Crippen LogP contribution in [0, 0.1) is 11.7 Å². The van der Waals surface area contributed by atoms with Crippen LogP contribution in [0.25, 0.3) is 0 Å². The summed E-state index contributed by atoms with van der Waals surface area (Å²) >= 11 is 1.42. The van der Waals surface area contributed by atoms with Gasteiger partial charge in [0.1, 0.15) is 10.7 Å². The molecule has 4 nitrogen and oxygen atoms in total. The van der Waals surface area contributed by atoms with Crippen molar-refractivity contribution in [2.24, 2.45) is 11.7 Å². The van der Waals surface area contributed by atoms with Gasteiger partial charge in [0.15, 0.2) is 0 Å². The highest BCUT2D eigenvalue weighted by molar-refractivity contribution is 7.13. The van der Waals surface area contributed by atoms with Gasteiger partial charge in [-0.25, -0.2) is 9.37 Å². The van der Waals surface area contributed by atoms with E-state index in [1.54, 1.807) is 18.3 Å². The number of likely N-dealkylation sites (tertiary alicyclic amines) is 1. The summed E-state index contributed by atoms with van der Waals surface area (Å²) in [4.78, 5) is 19.6. The van der Waals surface area contributed by atoms with Crippen molar-refractivity contribution in [3.8, 4) is 0 Å². The molecular formula is C18H24Cl2FN3OS. The van der Waals surface area contributed by atoms with E-state index in [1.165, 1.54) is 23.5 Å². The van der Waals surface area contributed by atoms with Gasteiger partial charge in [0.2, 0.25) is 0 Å². The second-order valence-electron chi connectivity index (χ2n) is 6.43. The summed E-state index contributed by atoms with van der Waals surface area (Å²) in [5, 5.41) is 0.866. The third-order valence-electron chi connectivity index (χ3n) is 4.52. The van der Waals surface area contributed by atoms with Crippen LogP contribution in [0.2, 0.25) is 0 Å². The molecule has 0 bridgehead atoms. The molecule has 1 amide bonds. The molecule has 8 heteroatoms. The Morgan fingerprint density at radius 3 is 2.73 bits per heavy atom. The summed E-state index contributed by atoms with van der Waals surface area (Å²) in [7, 11) is 0. The maximum Gasteiger partial charge on any atom is 0.265 e. The fraction of sp³-hybridized carbons (Fsp3) is 0.444. The molecule has 1 fully saturated rings. The third kappa shape index (κ3) is 5.64. The predicted molar refractivity (Wildman–Crippen MR) is 108 cm³/mol. The van der Waals surface area contributed by atoms with E-state index >= 15 is 0 Å². The lowest BCUT2D eigenvalue weighted by atomic mass is 9.92. The van der Waals surface area contributed by atoms with Crippen molar-refractivity contribution in [1.82, 2.24) is 9.88 Å². The number of carbonyl (C=O) groups is 1. The molecule has 0 spiro atoms. The smallest absolute Gasteiger partial charge is 0.265 e. The Bertz CT molecular complexity index is 709. The molecule has 1 saturated heterocycles. The zero-order valence-electron chi connectivity index (χ0n) is 14.6. The van der Waals surface area contributed by atoms with E-state index < -0.39 is 0 Å². The molecule has 26 heavy (non-hydrogen) atoms. The molecule has 0 aliphatic carbocycles. The van der Waals surface area contributed by atoms with Crippen molar-refractivity contribution in [1.29, 1.82) is 0 Å². The fourth-order valence-corrected chi connectivity index (χ4v) is 3.97. The molecule has 2 unspecified atom stereocenters. The number of nitrogens with zero attached hydrogens (tertiary/aromatic N) is 2. The molecule has 2 N–H and O–H groups in total. The number of hydrogen-bond donors (Lipinski definition) is 1. The summed E-state index contributed by atoms with van der Waals surface area (Å²) in [5.74, 6) is 0.167. The molecule has 1 aromatic heterocycles. The highest BCUT2D eigenvalue weighted by atomic mass is 35.5. The number of piperidine rings is 1. The van der Waals surface area contributed by atoms with E-state index in [-0.39, 0.29) is 42.6 Å². The topological polar surface area (TPSA) is 59.2 Å². The van der Waals surface area contributed by atoms with Gasteiger partial charge in [0.25, 0.3) is 5.91 Å². The second kappa shape index (κ2) is 10.2. The molecule has 2 aromatic rings. The van der Waals surface area contributed by atoms with Crippen molar-refractivity contribution >= 4 is 42.1 Å². The molecule has 1 aliphatic rings. The van der Waals surface area contributed by atoms with Crippen molar-refractivity contribution in [2.45, 2.75) is 32.2 Å². The number of benzene rings is 1. The number of amides is 1. The van der Waals surface area contributed by atoms with Gasteiger partial charge in [-0.3, -0.25) is 4.79 Å². The van der Waals surface area contributed by atoms with Crippen LogP contribution in [0.4, 0.5) is 4.39 Å². The van der Waals surface area contributed by atoms with E-state index in [2.05, 4.69) is 4.98 Å². The molecule has 2 heterocycles. The van der Waals surface area contributed by atoms with Gasteiger partial charge in [-0.1, -0.05) is 12.1 Å². The highest BCUT2D eigenvalue weighted by Gasteiger charge is 2.27. The third-order valence-corrected chi connectivity index (χ3v) is 5.51. The normalized spacial score (nSPS) is 17.8. The zero-order valence-corrected chi connectivity index (χ0v) is 17.0. The lowest BCUT2D eigenvalue weighted by molar-refractivity contribution is 0.0665. The molecule has 0 radical (unpaired) electrons. The Morgan fingerprint density at radius 1 is 1.38 bits per heavy atom. The van der Waals surface area contributed by atoms with Gasteiger partial charge in [-0.2, -0.15) is 0 Å². The number of rotatable bonds is 4. The fourth-order valence-electron chi connectivity index (χ4n) is 3.05. The highest BCUT2D eigenvalue weighted by Crippen LogP contribution is 2.23. The number of thiazole rings is 1. The Kier molecular flexibility index (Phi) is 8.96. The Balaban J connectivity index is 0.00000169. The first-order chi connectivity index (χ1) is 11.5. The lowest BCUT2D eigenvalue weighted by Gasteiger charge is -2.34. The monoisotopic (exact) mass is 419 g/mol. The minimum Gasteiger partial charge on any atom is -0.338 e. The minimum atomic E-state index is -0.248. The molecule has 144 valence electrons. The maximum atomic E-state index is 13.0. The van der Waals surface area contributed by atoms with E-state index in [1.807, 2.05) is 11.8 Å². The van der Waals surface area contributed by atoms with Gasteiger partial charge in [-0.05, 0) is 43.4 Å². The maximum absolute atomic E-state index is 13.0. The first kappa shape index (κ1) is 22.8. The second-order valence-corrected chi connectivity index (χ2v) is 7.55. The van der Waals surface area contributed by atoms with Crippen molar-refractivity contribution in [3.63, 3.8) is 0 Å². The van der Waals surface area contributed by atoms with Gasteiger partial charge >= 0.3 is 0 Å². The van der Waals surface area contributed by atoms with Gasteiger partial charge in [0.05, 0.1) is 11.2 Å². The van der Waals surface area contributed by atoms with Crippen LogP contribution >= 0.6 is 36.2 Å². The largest absolute Gasteiger partial charge is 0.338 e. The van der Waals surface area contributed by atoms with Gasteiger partial charge in [0, 0.05) is 25.6 Å². The number of hydrogen-bond acceptors (Lipinski definition) is 4. The summed E-state index contributed by atoms with van der Waals surface area (Å²) in [5.41, 5.74) is 6.98. The van der Waals surface area contributed by atoms with E-state index in [0.29, 0.717) is 17.2 Å². The molecule has 0 saturated carbocycles. The van der Waals surface area contributed by atoms with Crippen LogP contribution in [-0.4, -0.2) is 34.9 Å². The minimum absolute atomic E-state index is 0. The van der Waals surface area contributed by atoms with E-state index in [9.17, 15) is 9.18 Å². The van der Waals surface area contributed by atoms with Crippen LogP contribution in [0.5, 0.6) is 0 Å². The Labute approximate surface area is 169 Å². The van der Waals surface area contributed by atoms with Gasteiger partial charge < -0.3 is 10.6 Å². The van der Waals surface area contributed by atoms with Crippen molar-refractivity contribution in [2.75, 3.05) is 13.1 Å². The first-order valence-corrected chi connectivity index (χ1v) is 9.08. The quantitative estimate of drug-likeness (QED) is 0.816. The van der Waals surface area contributed by atoms with Gasteiger partial charge in [-0.15, -0.1) is 36.2 Å². The Morgan fingerprint density at radius 2 is 2.08 bits per heavy atom. The van der Waals surface area contributed by atoms with Crippen molar-refractivity contribution < 1.29 is 9.18 Å². The molecule has 3 rings (SSSR count). The SMILES string of the molecule is CC(N)C1CCCN(C(=O)c2cnc(Cc3ccc(F)cc3)s2)C1.Cl.Cl. The summed E-state index contributed by atoms with van der Waals surface area (Å²) in [6, 6.07) is 6.48. The predicted octanol–water partition coefficient (Wildman–Crippen LogP) is 3.92. The Hall–Kier alpha value is -1.21. The molecular weight excluding hydrogens is 396 g/mol. The van der Waals surface area contributed by atoms with Crippen LogP contribution in [-0.2, 0) is 6.42 Å². The van der Waals surface area contributed by atoms with E-state index in [4.69, 9.17) is 5.73 Å². The summed E-state index contributed by atoms with van der Waals surface area (Å²) in [6.45, 7) is 3.51. The van der Waals surface area contributed by atoms with Crippen LogP contribution in [0.3, 0.4) is 0 Å². The number of aromatic nitrogens is 1. The molecule has 2 atom stereocenters. The number of carbonyl (C=O) groups excluding carboxylic acids is 1. The standard InChI is InChI=1S/C18H22FN3OS.2ClH/c1-12(20)14-3-2-8-22(11-14)18(23)16-10-21-17(24-16)9-13-4-6-15(19)7-5-13;;/h4-7,10,12,14H,2-3,8-9,11,20H2,1H3;2*1H. The summed E-state index contributed by atoms with van der Waals surface area (Å²) in [6.07, 6.45) is 4.35. The van der Waals surface area contributed by atoms with Crippen LogP contribution in [0.15, 0.2) is 30.5 Å². The average Bonchev–Trinajstić information content (AvgIpc) is 3.05. The van der Waals surface area contributed by atoms with E-state index in [0.717, 1.165) is 36.5 Å². The molecule has 1 aromatic carbocycles. The zero-order chi connectivity index (χ0) is 17.1. The van der Waals surface area contributed by atoms with Crippen LogP contribution < -0.4 is 5.73 Å². The van der Waals surface area contributed by atoms with Crippen molar-refractivity contribution in [3.05, 3.63) is 51.7 Å². The molecule has 1 aliphatic heterocycles. The first-order valence-electron chi connectivity index (χ1n) is 8.27. The average molecular weight is 420 g/mol. The lowest BCUT2D eigenvalue weighted by Crippen LogP contribution is -2.44. The summed E-state index contributed by atoms with van der Waals surface area (Å²) < 4.78 is 13.0. The number of halogens is 3.